The van der Waals surface area contributed by atoms with E-state index in [4.69, 9.17) is 4.74 Å². The minimum absolute atomic E-state index is 0. The van der Waals surface area contributed by atoms with Crippen LogP contribution in [0.25, 0.3) is 0 Å². The van der Waals surface area contributed by atoms with Crippen LogP contribution in [-0.2, 0) is 22.4 Å². The molecule has 1 aromatic carbocycles. The van der Waals surface area contributed by atoms with Gasteiger partial charge in [0.1, 0.15) is 5.75 Å². The summed E-state index contributed by atoms with van der Waals surface area (Å²) in [7, 11) is 3.09. The normalized spacial score (nSPS) is 10.3. The van der Waals surface area contributed by atoms with Crippen molar-refractivity contribution in [3.63, 3.8) is 0 Å². The summed E-state index contributed by atoms with van der Waals surface area (Å²) >= 11 is 0. The number of carbonyl (C=O) groups excluding carboxylic acids is 1. The lowest BCUT2D eigenvalue weighted by atomic mass is 10.0. The second kappa shape index (κ2) is 8.53. The van der Waals surface area contributed by atoms with E-state index < -0.39 is 0 Å². The van der Waals surface area contributed by atoms with Gasteiger partial charge in [-0.2, -0.15) is 0 Å². The van der Waals surface area contributed by atoms with Gasteiger partial charge in [-0.05, 0) is 36.6 Å². The van der Waals surface area contributed by atoms with Gasteiger partial charge in [-0.25, -0.2) is 0 Å². The van der Waals surface area contributed by atoms with Gasteiger partial charge in [-0.1, -0.05) is 25.5 Å². The van der Waals surface area contributed by atoms with Crippen molar-refractivity contribution in [2.45, 2.75) is 26.2 Å². The lowest BCUT2D eigenvalue weighted by Crippen LogP contribution is -2.25. The Morgan fingerprint density at radius 1 is 1.32 bits per heavy atom. The zero-order valence-corrected chi connectivity index (χ0v) is 12.0. The molecule has 0 spiro atoms. The Morgan fingerprint density at radius 2 is 2.11 bits per heavy atom. The van der Waals surface area contributed by atoms with Crippen LogP contribution in [0, 0.1) is 0 Å². The number of nitrogens with one attached hydrogen (secondary N) is 1. The molecule has 0 radical (unpaired) electrons. The van der Waals surface area contributed by atoms with Crippen molar-refractivity contribution >= 4 is 5.97 Å². The molecule has 0 unspecified atom stereocenters. The fourth-order valence-electron chi connectivity index (χ4n) is 1.92. The summed E-state index contributed by atoms with van der Waals surface area (Å²) in [6.45, 7) is 3.15. The van der Waals surface area contributed by atoms with Crippen molar-refractivity contribution in [3.05, 3.63) is 29.3 Å². The summed E-state index contributed by atoms with van der Waals surface area (Å²) < 4.78 is 9.97. The highest BCUT2D eigenvalue weighted by molar-refractivity contribution is 5.71. The van der Waals surface area contributed by atoms with E-state index in [1.54, 1.807) is 7.11 Å². The minimum Gasteiger partial charge on any atom is -0.496 e. The first-order chi connectivity index (χ1) is 9.21. The van der Waals surface area contributed by atoms with E-state index in [-0.39, 0.29) is 13.9 Å². The van der Waals surface area contributed by atoms with Gasteiger partial charge in [0.15, 0.2) is 0 Å². The van der Waals surface area contributed by atoms with E-state index >= 15 is 0 Å². The molecule has 0 bridgehead atoms. The standard InChI is InChI=1S/C15H23NO3.H2/c1-4-5-13-7-6-12(10-14(13)18-2)8-9-16-11-15(17)19-3;/h6-7,10,16H,4-5,8-9,11H2,1-3H3;1H. The van der Waals surface area contributed by atoms with Crippen LogP contribution < -0.4 is 10.1 Å². The molecule has 0 heterocycles. The average Bonchev–Trinajstić information content (AvgIpc) is 2.44. The highest BCUT2D eigenvalue weighted by Gasteiger charge is 2.04. The highest BCUT2D eigenvalue weighted by atomic mass is 16.5. The van der Waals surface area contributed by atoms with Crippen LogP contribution in [0.2, 0.25) is 0 Å². The maximum absolute atomic E-state index is 10.9. The topological polar surface area (TPSA) is 47.6 Å². The molecule has 1 aromatic rings. The third kappa shape index (κ3) is 5.30. The van der Waals surface area contributed by atoms with Gasteiger partial charge in [0.2, 0.25) is 0 Å². The van der Waals surface area contributed by atoms with Crippen LogP contribution in [0.5, 0.6) is 5.75 Å². The Labute approximate surface area is 116 Å². The van der Waals surface area contributed by atoms with Gasteiger partial charge in [0, 0.05) is 1.43 Å². The number of carbonyl (C=O) groups is 1. The summed E-state index contributed by atoms with van der Waals surface area (Å²) in [4.78, 5) is 10.9. The number of esters is 1. The molecule has 1 N–H and O–H groups in total. The van der Waals surface area contributed by atoms with Crippen LogP contribution in [0.3, 0.4) is 0 Å². The molecule has 0 aromatic heterocycles. The summed E-state index contributed by atoms with van der Waals surface area (Å²) in [5.74, 6) is 0.711. The first kappa shape index (κ1) is 15.5. The molecule has 0 aliphatic heterocycles. The first-order valence-electron chi connectivity index (χ1n) is 6.64. The van der Waals surface area contributed by atoms with Gasteiger partial charge >= 0.3 is 5.97 Å². The van der Waals surface area contributed by atoms with Crippen molar-refractivity contribution in [1.29, 1.82) is 0 Å². The molecule has 0 aliphatic rings. The number of hydrogen-bond donors (Lipinski definition) is 1. The number of ether oxygens (including phenoxy) is 2. The Hall–Kier alpha value is -1.55. The second-order valence-electron chi connectivity index (χ2n) is 4.40. The molecular formula is C15H25NO3. The van der Waals surface area contributed by atoms with Gasteiger partial charge in [-0.3, -0.25) is 4.79 Å². The molecule has 108 valence electrons. The van der Waals surface area contributed by atoms with Crippen LogP contribution in [0.15, 0.2) is 18.2 Å². The largest absolute Gasteiger partial charge is 0.496 e. The predicted molar refractivity (Wildman–Crippen MR) is 77.7 cm³/mol. The molecule has 0 amide bonds. The van der Waals surface area contributed by atoms with Crippen LogP contribution in [0.4, 0.5) is 0 Å². The molecule has 19 heavy (non-hydrogen) atoms. The Kier molecular flexibility index (Phi) is 6.97. The molecule has 4 heteroatoms. The van der Waals surface area contributed by atoms with Crippen molar-refractivity contribution < 1.29 is 15.7 Å². The van der Waals surface area contributed by atoms with Crippen molar-refractivity contribution in [2.75, 3.05) is 27.3 Å². The quantitative estimate of drug-likeness (QED) is 0.579. The number of rotatable bonds is 8. The van der Waals surface area contributed by atoms with Crippen LogP contribution in [0.1, 0.15) is 25.9 Å². The third-order valence-corrected chi connectivity index (χ3v) is 2.96. The first-order valence-corrected chi connectivity index (χ1v) is 6.64. The molecule has 1 rings (SSSR count). The molecule has 0 atom stereocenters. The van der Waals surface area contributed by atoms with Gasteiger partial charge in [0.05, 0.1) is 20.8 Å². The molecular weight excluding hydrogens is 242 g/mol. The van der Waals surface area contributed by atoms with Crippen LogP contribution >= 0.6 is 0 Å². The van der Waals surface area contributed by atoms with E-state index in [1.807, 2.05) is 0 Å². The molecule has 0 saturated carbocycles. The molecule has 4 nitrogen and oxygen atoms in total. The number of methoxy groups -OCH3 is 2. The SMILES string of the molecule is CCCc1ccc(CCNCC(=O)OC)cc1OC.[HH]. The summed E-state index contributed by atoms with van der Waals surface area (Å²) in [6, 6.07) is 6.32. The summed E-state index contributed by atoms with van der Waals surface area (Å²) in [5.41, 5.74) is 2.45. The van der Waals surface area contributed by atoms with Gasteiger partial charge in [-0.15, -0.1) is 0 Å². The van der Waals surface area contributed by atoms with Crippen LogP contribution in [-0.4, -0.2) is 33.3 Å². The molecule has 0 saturated heterocycles. The maximum atomic E-state index is 10.9. The average molecular weight is 267 g/mol. The van der Waals surface area contributed by atoms with Crippen molar-refractivity contribution in [1.82, 2.24) is 5.32 Å². The minimum atomic E-state index is -0.240. The second-order valence-corrected chi connectivity index (χ2v) is 4.40. The monoisotopic (exact) mass is 267 g/mol. The molecule has 0 aliphatic carbocycles. The fourth-order valence-corrected chi connectivity index (χ4v) is 1.92. The zero-order valence-electron chi connectivity index (χ0n) is 12.0. The third-order valence-electron chi connectivity index (χ3n) is 2.96. The van der Waals surface area contributed by atoms with Crippen molar-refractivity contribution in [2.24, 2.45) is 0 Å². The number of hydrogen-bond acceptors (Lipinski definition) is 4. The highest BCUT2D eigenvalue weighted by Crippen LogP contribution is 2.21. The maximum Gasteiger partial charge on any atom is 0.319 e. The Morgan fingerprint density at radius 3 is 2.74 bits per heavy atom. The Bertz CT molecular complexity index is 410. The van der Waals surface area contributed by atoms with Crippen molar-refractivity contribution in [3.8, 4) is 5.75 Å². The summed E-state index contributed by atoms with van der Waals surface area (Å²) in [5, 5.41) is 3.05. The van der Waals surface area contributed by atoms with Gasteiger partial charge in [0.25, 0.3) is 0 Å². The summed E-state index contributed by atoms with van der Waals surface area (Å²) in [6.07, 6.45) is 3.00. The molecule has 0 fully saturated rings. The van der Waals surface area contributed by atoms with E-state index in [0.29, 0.717) is 0 Å². The predicted octanol–water partition coefficient (Wildman–Crippen LogP) is 2.20. The fraction of sp³-hybridized carbons (Fsp3) is 0.533. The van der Waals surface area contributed by atoms with E-state index in [2.05, 4.69) is 35.2 Å². The van der Waals surface area contributed by atoms with E-state index in [1.165, 1.54) is 18.2 Å². The smallest absolute Gasteiger partial charge is 0.319 e. The lowest BCUT2D eigenvalue weighted by molar-refractivity contribution is -0.139. The van der Waals surface area contributed by atoms with Gasteiger partial charge < -0.3 is 14.8 Å². The van der Waals surface area contributed by atoms with E-state index in [9.17, 15) is 4.79 Å². The number of benzene rings is 1. The zero-order chi connectivity index (χ0) is 14.1. The van der Waals surface area contributed by atoms with E-state index in [0.717, 1.165) is 31.6 Å². The number of aryl methyl sites for hydroxylation is 1. The lowest BCUT2D eigenvalue weighted by Gasteiger charge is -2.10. The Balaban J connectivity index is 0.00000361.